The van der Waals surface area contributed by atoms with Gasteiger partial charge in [0, 0.05) is 0 Å². The van der Waals surface area contributed by atoms with Crippen LogP contribution in [0.2, 0.25) is 0 Å². The van der Waals surface area contributed by atoms with Crippen molar-refractivity contribution in [2.24, 2.45) is 5.92 Å². The molecule has 1 amide bonds. The van der Waals surface area contributed by atoms with Crippen LogP contribution in [-0.2, 0) is 19.1 Å². The maximum atomic E-state index is 11.7. The molecule has 1 saturated carbocycles. The van der Waals surface area contributed by atoms with Crippen molar-refractivity contribution >= 4 is 26.2 Å². The number of alkyl carbamates (subject to hydrolysis) is 1. The molecule has 0 heterocycles. The SMILES string of the molecule is O=C(CNC(=O)OCCOC(=O)C1CCCCC1)CP(O)O. The average molecular weight is 335 g/mol. The molecular formula is C13H22NO7P. The second kappa shape index (κ2) is 10.5. The van der Waals surface area contributed by atoms with Gasteiger partial charge in [-0.3, -0.25) is 9.59 Å². The highest BCUT2D eigenvalue weighted by molar-refractivity contribution is 7.46. The topological polar surface area (TPSA) is 122 Å². The summed E-state index contributed by atoms with van der Waals surface area (Å²) in [4.78, 5) is 51.3. The minimum atomic E-state index is -2.30. The highest BCUT2D eigenvalue weighted by atomic mass is 31.2. The maximum absolute atomic E-state index is 11.7. The van der Waals surface area contributed by atoms with E-state index in [1.807, 2.05) is 0 Å². The monoisotopic (exact) mass is 335 g/mol. The quantitative estimate of drug-likeness (QED) is 0.339. The molecule has 0 aromatic heterocycles. The predicted octanol–water partition coefficient (Wildman–Crippen LogP) is 0.702. The third-order valence-corrected chi connectivity index (χ3v) is 3.88. The Morgan fingerprint density at radius 1 is 1.05 bits per heavy atom. The lowest BCUT2D eigenvalue weighted by Crippen LogP contribution is -2.32. The van der Waals surface area contributed by atoms with Crippen molar-refractivity contribution in [3.05, 3.63) is 0 Å². The van der Waals surface area contributed by atoms with Crippen LogP contribution in [0, 0.1) is 5.92 Å². The van der Waals surface area contributed by atoms with E-state index in [2.05, 4.69) is 5.32 Å². The molecule has 1 fully saturated rings. The fraction of sp³-hybridized carbons (Fsp3) is 0.769. The normalized spacial score (nSPS) is 15.4. The van der Waals surface area contributed by atoms with Gasteiger partial charge in [-0.15, -0.1) is 0 Å². The summed E-state index contributed by atoms with van der Waals surface area (Å²) in [5.74, 6) is -0.804. The molecular weight excluding hydrogens is 313 g/mol. The van der Waals surface area contributed by atoms with E-state index in [-0.39, 0.29) is 31.6 Å². The summed E-state index contributed by atoms with van der Waals surface area (Å²) >= 11 is 0. The summed E-state index contributed by atoms with van der Waals surface area (Å²) in [5, 5.41) is 2.18. The van der Waals surface area contributed by atoms with E-state index in [4.69, 9.17) is 19.3 Å². The van der Waals surface area contributed by atoms with Gasteiger partial charge in [0.25, 0.3) is 0 Å². The molecule has 1 rings (SSSR count). The minimum absolute atomic E-state index is 0.0186. The van der Waals surface area contributed by atoms with Gasteiger partial charge in [0.2, 0.25) is 0 Å². The molecule has 126 valence electrons. The molecule has 0 aromatic rings. The Hall–Kier alpha value is -1.24. The van der Waals surface area contributed by atoms with Crippen LogP contribution in [-0.4, -0.2) is 53.6 Å². The Kier molecular flexibility index (Phi) is 8.96. The number of ketones is 1. The van der Waals surface area contributed by atoms with Crippen LogP contribution in [0.5, 0.6) is 0 Å². The molecule has 0 aromatic carbocycles. The first-order valence-corrected chi connectivity index (χ1v) is 8.66. The highest BCUT2D eigenvalue weighted by Crippen LogP contribution is 2.24. The van der Waals surface area contributed by atoms with Gasteiger partial charge in [0.15, 0.2) is 14.2 Å². The van der Waals surface area contributed by atoms with E-state index in [0.717, 1.165) is 32.1 Å². The van der Waals surface area contributed by atoms with E-state index in [1.165, 1.54) is 0 Å². The summed E-state index contributed by atoms with van der Waals surface area (Å²) in [6.07, 6.45) is 3.71. The van der Waals surface area contributed by atoms with Crippen molar-refractivity contribution in [1.82, 2.24) is 5.32 Å². The van der Waals surface area contributed by atoms with Gasteiger partial charge < -0.3 is 24.6 Å². The molecule has 0 aliphatic heterocycles. The minimum Gasteiger partial charge on any atom is -0.462 e. The molecule has 0 saturated heterocycles. The van der Waals surface area contributed by atoms with Gasteiger partial charge in [0.1, 0.15) is 13.2 Å². The Morgan fingerprint density at radius 3 is 2.32 bits per heavy atom. The number of Topliss-reactive ketones (excluding diaryl/α,β-unsaturated/α-hetero) is 1. The first kappa shape index (κ1) is 18.8. The fourth-order valence-electron chi connectivity index (χ4n) is 2.17. The summed E-state index contributed by atoms with van der Waals surface area (Å²) < 4.78 is 9.77. The first-order valence-electron chi connectivity index (χ1n) is 7.23. The molecule has 22 heavy (non-hydrogen) atoms. The number of ether oxygens (including phenoxy) is 2. The number of esters is 1. The largest absolute Gasteiger partial charge is 0.462 e. The lowest BCUT2D eigenvalue weighted by Gasteiger charge is -2.19. The standard InChI is InChI=1S/C13H22NO7P/c15-11(9-22(18)19)8-14-13(17)21-7-6-20-12(16)10-4-2-1-3-5-10/h10,18-19H,1-9H2,(H,14,17). The van der Waals surface area contributed by atoms with Crippen LogP contribution in [0.1, 0.15) is 32.1 Å². The molecule has 8 nitrogen and oxygen atoms in total. The van der Waals surface area contributed by atoms with Gasteiger partial charge in [-0.1, -0.05) is 19.3 Å². The van der Waals surface area contributed by atoms with E-state index in [0.29, 0.717) is 0 Å². The Balaban J connectivity index is 2.04. The summed E-state index contributed by atoms with van der Waals surface area (Å²) in [5.41, 5.74) is 0. The summed E-state index contributed by atoms with van der Waals surface area (Å²) in [6, 6.07) is 0. The van der Waals surface area contributed by atoms with E-state index in [9.17, 15) is 14.4 Å². The molecule has 9 heteroatoms. The molecule has 0 unspecified atom stereocenters. The third-order valence-electron chi connectivity index (χ3n) is 3.25. The number of rotatable bonds is 8. The van der Waals surface area contributed by atoms with Crippen LogP contribution in [0.25, 0.3) is 0 Å². The lowest BCUT2D eigenvalue weighted by atomic mass is 9.89. The number of carbonyl (C=O) groups is 3. The molecule has 0 spiro atoms. The van der Waals surface area contributed by atoms with Crippen molar-refractivity contribution in [1.29, 1.82) is 0 Å². The molecule has 0 radical (unpaired) electrons. The zero-order chi connectivity index (χ0) is 16.4. The Morgan fingerprint density at radius 2 is 1.68 bits per heavy atom. The van der Waals surface area contributed by atoms with Crippen LogP contribution < -0.4 is 5.32 Å². The number of hydrogen-bond acceptors (Lipinski definition) is 7. The van der Waals surface area contributed by atoms with Crippen molar-refractivity contribution in [3.8, 4) is 0 Å². The first-order chi connectivity index (χ1) is 10.5. The molecule has 3 N–H and O–H groups in total. The molecule has 1 aliphatic carbocycles. The van der Waals surface area contributed by atoms with E-state index in [1.54, 1.807) is 0 Å². The Labute approximate surface area is 130 Å². The van der Waals surface area contributed by atoms with Crippen molar-refractivity contribution < 1.29 is 33.6 Å². The van der Waals surface area contributed by atoms with Crippen LogP contribution >= 0.6 is 8.38 Å². The third kappa shape index (κ3) is 8.26. The number of hydrogen-bond donors (Lipinski definition) is 3. The molecule has 0 atom stereocenters. The van der Waals surface area contributed by atoms with Gasteiger partial charge in [-0.2, -0.15) is 0 Å². The zero-order valence-electron chi connectivity index (χ0n) is 12.3. The number of amides is 1. The lowest BCUT2D eigenvalue weighted by molar-refractivity contribution is -0.150. The maximum Gasteiger partial charge on any atom is 0.407 e. The number of nitrogens with one attached hydrogen (secondary N) is 1. The van der Waals surface area contributed by atoms with Crippen LogP contribution in [0.3, 0.4) is 0 Å². The van der Waals surface area contributed by atoms with Crippen LogP contribution in [0.4, 0.5) is 4.79 Å². The summed E-state index contributed by atoms with van der Waals surface area (Å²) in [6.45, 7) is -0.443. The smallest absolute Gasteiger partial charge is 0.407 e. The van der Waals surface area contributed by atoms with Crippen LogP contribution in [0.15, 0.2) is 0 Å². The summed E-state index contributed by atoms with van der Waals surface area (Å²) in [7, 11) is -2.30. The number of carbonyl (C=O) groups excluding carboxylic acids is 3. The fourth-order valence-corrected chi connectivity index (χ4v) is 2.60. The second-order valence-electron chi connectivity index (χ2n) is 5.06. The molecule has 0 bridgehead atoms. The molecule has 1 aliphatic rings. The predicted molar refractivity (Wildman–Crippen MR) is 78.1 cm³/mol. The van der Waals surface area contributed by atoms with Crippen molar-refractivity contribution in [3.63, 3.8) is 0 Å². The van der Waals surface area contributed by atoms with Gasteiger partial charge in [-0.05, 0) is 12.8 Å². The van der Waals surface area contributed by atoms with Gasteiger partial charge in [-0.25, -0.2) is 4.79 Å². The van der Waals surface area contributed by atoms with E-state index < -0.39 is 26.4 Å². The Bertz CT molecular complexity index is 383. The zero-order valence-corrected chi connectivity index (χ0v) is 13.2. The second-order valence-corrected chi connectivity index (χ2v) is 6.12. The van der Waals surface area contributed by atoms with Crippen molar-refractivity contribution in [2.45, 2.75) is 32.1 Å². The highest BCUT2D eigenvalue weighted by Gasteiger charge is 2.22. The van der Waals surface area contributed by atoms with E-state index >= 15 is 0 Å². The van der Waals surface area contributed by atoms with Gasteiger partial charge >= 0.3 is 12.1 Å². The van der Waals surface area contributed by atoms with Crippen molar-refractivity contribution in [2.75, 3.05) is 25.9 Å². The average Bonchev–Trinajstić information content (AvgIpc) is 2.49. The van der Waals surface area contributed by atoms with Gasteiger partial charge in [0.05, 0.1) is 18.6 Å².